The predicted octanol–water partition coefficient (Wildman–Crippen LogP) is 5.21. The first-order chi connectivity index (χ1) is 15.9. The third-order valence-corrected chi connectivity index (χ3v) is 5.79. The van der Waals surface area contributed by atoms with Gasteiger partial charge in [-0.2, -0.15) is 0 Å². The third kappa shape index (κ3) is 5.74. The summed E-state index contributed by atoms with van der Waals surface area (Å²) >= 11 is 12.1. The zero-order chi connectivity index (χ0) is 23.4. The summed E-state index contributed by atoms with van der Waals surface area (Å²) in [4.78, 5) is 26.4. The average molecular weight is 488 g/mol. The van der Waals surface area contributed by atoms with Crippen molar-refractivity contribution in [3.8, 4) is 5.75 Å². The fourth-order valence-corrected chi connectivity index (χ4v) is 3.92. The lowest BCUT2D eigenvalue weighted by Gasteiger charge is -2.17. The van der Waals surface area contributed by atoms with E-state index in [2.05, 4.69) is 10.9 Å². The largest absolute Gasteiger partial charge is 0.489 e. The van der Waals surface area contributed by atoms with Gasteiger partial charge < -0.3 is 9.64 Å². The minimum Gasteiger partial charge on any atom is -0.489 e. The van der Waals surface area contributed by atoms with Crippen LogP contribution in [0.1, 0.15) is 12.0 Å². The molecule has 170 valence electrons. The fourth-order valence-electron chi connectivity index (χ4n) is 3.45. The molecule has 3 aromatic rings. The van der Waals surface area contributed by atoms with Crippen LogP contribution in [0.5, 0.6) is 5.75 Å². The van der Waals surface area contributed by atoms with Crippen LogP contribution in [0.25, 0.3) is 0 Å². The Kier molecular flexibility index (Phi) is 7.01. The number of benzene rings is 3. The number of anilines is 2. The maximum Gasteiger partial charge on any atom is 0.243 e. The number of hydrogen-bond donors (Lipinski definition) is 2. The van der Waals surface area contributed by atoms with Gasteiger partial charge in [-0.1, -0.05) is 35.3 Å². The lowest BCUT2D eigenvalue weighted by molar-refractivity contribution is -0.125. The Hall–Kier alpha value is -3.29. The molecule has 0 spiro atoms. The number of rotatable bonds is 7. The molecule has 6 nitrogen and oxygen atoms in total. The molecule has 1 aliphatic rings. The molecule has 0 saturated carbocycles. The van der Waals surface area contributed by atoms with Crippen molar-refractivity contribution in [2.45, 2.75) is 13.0 Å². The number of halogens is 3. The van der Waals surface area contributed by atoms with E-state index in [0.29, 0.717) is 27.2 Å². The minimum absolute atomic E-state index is 0.0793. The van der Waals surface area contributed by atoms with Crippen LogP contribution in [0.2, 0.25) is 10.0 Å². The Balaban J connectivity index is 1.31. The summed E-state index contributed by atoms with van der Waals surface area (Å²) < 4.78 is 18.9. The van der Waals surface area contributed by atoms with E-state index in [1.807, 2.05) is 0 Å². The van der Waals surface area contributed by atoms with Crippen molar-refractivity contribution in [2.24, 2.45) is 5.92 Å². The SMILES string of the molecule is O=C(NNc1cccc(OCc2ccc(Cl)cc2Cl)c1)[C@@H]1CC(=O)N(c2ccc(F)cc2)C1. The van der Waals surface area contributed by atoms with Crippen LogP contribution < -0.4 is 20.5 Å². The molecule has 2 amide bonds. The average Bonchev–Trinajstić information content (AvgIpc) is 3.19. The zero-order valence-corrected chi connectivity index (χ0v) is 18.9. The van der Waals surface area contributed by atoms with Crippen LogP contribution in [0.15, 0.2) is 66.7 Å². The smallest absolute Gasteiger partial charge is 0.243 e. The topological polar surface area (TPSA) is 70.7 Å². The molecule has 1 heterocycles. The second-order valence-corrected chi connectivity index (χ2v) is 8.39. The van der Waals surface area contributed by atoms with Gasteiger partial charge in [0.25, 0.3) is 0 Å². The van der Waals surface area contributed by atoms with Gasteiger partial charge >= 0.3 is 0 Å². The highest BCUT2D eigenvalue weighted by atomic mass is 35.5. The van der Waals surface area contributed by atoms with Crippen LogP contribution in [0.3, 0.4) is 0 Å². The van der Waals surface area contributed by atoms with Gasteiger partial charge in [-0.25, -0.2) is 4.39 Å². The molecule has 1 saturated heterocycles. The summed E-state index contributed by atoms with van der Waals surface area (Å²) in [5, 5.41) is 1.07. The van der Waals surface area contributed by atoms with Gasteiger partial charge in [-0.15, -0.1) is 0 Å². The molecule has 4 rings (SSSR count). The first-order valence-electron chi connectivity index (χ1n) is 10.2. The van der Waals surface area contributed by atoms with Crippen molar-refractivity contribution in [3.05, 3.63) is 88.2 Å². The Bertz CT molecular complexity index is 1170. The van der Waals surface area contributed by atoms with Gasteiger partial charge in [0.15, 0.2) is 0 Å². The fraction of sp³-hybridized carbons (Fsp3) is 0.167. The molecule has 1 atom stereocenters. The van der Waals surface area contributed by atoms with E-state index in [0.717, 1.165) is 5.56 Å². The van der Waals surface area contributed by atoms with Crippen molar-refractivity contribution in [2.75, 3.05) is 16.9 Å². The van der Waals surface area contributed by atoms with Crippen molar-refractivity contribution >= 4 is 46.4 Å². The monoisotopic (exact) mass is 487 g/mol. The highest BCUT2D eigenvalue weighted by Gasteiger charge is 2.35. The Morgan fingerprint density at radius 2 is 1.88 bits per heavy atom. The molecule has 3 aromatic carbocycles. The van der Waals surface area contributed by atoms with Gasteiger partial charge in [0.05, 0.1) is 11.6 Å². The van der Waals surface area contributed by atoms with Crippen molar-refractivity contribution in [1.82, 2.24) is 5.43 Å². The maximum absolute atomic E-state index is 13.1. The Morgan fingerprint density at radius 1 is 1.09 bits per heavy atom. The second kappa shape index (κ2) is 10.1. The number of carbonyl (C=O) groups is 2. The molecule has 0 unspecified atom stereocenters. The van der Waals surface area contributed by atoms with E-state index in [-0.39, 0.29) is 37.2 Å². The summed E-state index contributed by atoms with van der Waals surface area (Å²) in [5.41, 5.74) is 7.47. The number of carbonyl (C=O) groups excluding carboxylic acids is 2. The highest BCUT2D eigenvalue weighted by molar-refractivity contribution is 6.35. The van der Waals surface area contributed by atoms with E-state index in [1.54, 1.807) is 42.5 Å². The van der Waals surface area contributed by atoms with E-state index >= 15 is 0 Å². The lowest BCUT2D eigenvalue weighted by Crippen LogP contribution is -2.36. The van der Waals surface area contributed by atoms with E-state index in [4.69, 9.17) is 27.9 Å². The molecule has 0 aromatic heterocycles. The molecule has 9 heteroatoms. The van der Waals surface area contributed by atoms with Gasteiger partial charge in [0.2, 0.25) is 11.8 Å². The quantitative estimate of drug-likeness (QED) is 0.449. The number of hydrazine groups is 1. The van der Waals surface area contributed by atoms with E-state index in [9.17, 15) is 14.0 Å². The molecule has 0 aliphatic carbocycles. The van der Waals surface area contributed by atoms with Gasteiger partial charge in [-0.05, 0) is 48.5 Å². The van der Waals surface area contributed by atoms with Gasteiger partial charge in [0.1, 0.15) is 18.2 Å². The Labute approximate surface area is 200 Å². The summed E-state index contributed by atoms with van der Waals surface area (Å²) in [6.07, 6.45) is 0.0793. The number of nitrogens with zero attached hydrogens (tertiary/aromatic N) is 1. The van der Waals surface area contributed by atoms with Crippen LogP contribution in [-0.4, -0.2) is 18.4 Å². The van der Waals surface area contributed by atoms with Crippen molar-refractivity contribution in [3.63, 3.8) is 0 Å². The van der Waals surface area contributed by atoms with Gasteiger partial charge in [0, 0.05) is 40.3 Å². The molecule has 0 bridgehead atoms. The number of nitrogens with one attached hydrogen (secondary N) is 2. The lowest BCUT2D eigenvalue weighted by atomic mass is 10.1. The van der Waals surface area contributed by atoms with E-state index < -0.39 is 5.92 Å². The molecular formula is C24H20Cl2FN3O3. The van der Waals surface area contributed by atoms with Crippen LogP contribution in [0.4, 0.5) is 15.8 Å². The van der Waals surface area contributed by atoms with Gasteiger partial charge in [-0.3, -0.25) is 20.4 Å². The number of hydrogen-bond acceptors (Lipinski definition) is 4. The highest BCUT2D eigenvalue weighted by Crippen LogP contribution is 2.26. The molecule has 0 radical (unpaired) electrons. The molecule has 1 fully saturated rings. The maximum atomic E-state index is 13.1. The minimum atomic E-state index is -0.526. The number of amides is 2. The van der Waals surface area contributed by atoms with Crippen molar-refractivity contribution in [1.29, 1.82) is 0 Å². The van der Waals surface area contributed by atoms with Crippen molar-refractivity contribution < 1.29 is 18.7 Å². The first-order valence-corrected chi connectivity index (χ1v) is 10.9. The third-order valence-electron chi connectivity index (χ3n) is 5.21. The van der Waals surface area contributed by atoms with Crippen LogP contribution in [0, 0.1) is 11.7 Å². The first kappa shape index (κ1) is 22.9. The second-order valence-electron chi connectivity index (χ2n) is 7.55. The Morgan fingerprint density at radius 3 is 2.64 bits per heavy atom. The van der Waals surface area contributed by atoms with Crippen LogP contribution in [-0.2, 0) is 16.2 Å². The molecular weight excluding hydrogens is 468 g/mol. The summed E-state index contributed by atoms with van der Waals surface area (Å²) in [6.45, 7) is 0.484. The molecule has 33 heavy (non-hydrogen) atoms. The zero-order valence-electron chi connectivity index (χ0n) is 17.4. The summed E-state index contributed by atoms with van der Waals surface area (Å²) in [5.74, 6) is -0.822. The number of ether oxygens (including phenoxy) is 1. The summed E-state index contributed by atoms with van der Waals surface area (Å²) in [6, 6.07) is 17.9. The predicted molar refractivity (Wildman–Crippen MR) is 126 cm³/mol. The summed E-state index contributed by atoms with van der Waals surface area (Å²) in [7, 11) is 0. The molecule has 2 N–H and O–H groups in total. The standard InChI is InChI=1S/C24H20Cl2FN3O3/c25-17-5-4-15(22(26)11-17)14-33-21-3-1-2-19(12-21)28-29-24(32)16-10-23(31)30(13-16)20-8-6-18(27)7-9-20/h1-9,11-12,16,28H,10,13-14H2,(H,29,32)/t16-/m1/s1. The van der Waals surface area contributed by atoms with Crippen LogP contribution >= 0.6 is 23.2 Å². The normalized spacial score (nSPS) is 15.4. The molecule has 1 aliphatic heterocycles. The van der Waals surface area contributed by atoms with E-state index in [1.165, 1.54) is 29.2 Å².